The van der Waals surface area contributed by atoms with Crippen LogP contribution in [0.5, 0.6) is 5.75 Å². The van der Waals surface area contributed by atoms with E-state index in [1.165, 1.54) is 15.9 Å². The first-order valence-corrected chi connectivity index (χ1v) is 11.9. The molecule has 2 aromatic heterocycles. The zero-order valence-corrected chi connectivity index (χ0v) is 19.9. The van der Waals surface area contributed by atoms with E-state index in [9.17, 15) is 9.59 Å². The number of rotatable bonds is 5. The van der Waals surface area contributed by atoms with Crippen molar-refractivity contribution in [3.8, 4) is 16.3 Å². The molecule has 4 aromatic rings. The zero-order chi connectivity index (χ0) is 23.7. The number of aryl methyl sites for hydroxylation is 1. The number of amides is 1. The van der Waals surface area contributed by atoms with E-state index in [1.807, 2.05) is 60.4 Å². The van der Waals surface area contributed by atoms with Gasteiger partial charge in [-0.3, -0.25) is 14.5 Å². The number of ether oxygens (including phenoxy) is 1. The first kappa shape index (κ1) is 22.2. The van der Waals surface area contributed by atoms with E-state index >= 15 is 0 Å². The fourth-order valence-electron chi connectivity index (χ4n) is 4.00. The normalized spacial score (nSPS) is 14.5. The molecule has 1 aliphatic heterocycles. The zero-order valence-electron chi connectivity index (χ0n) is 19.1. The van der Waals surface area contributed by atoms with Crippen molar-refractivity contribution < 1.29 is 9.53 Å². The molecular weight excluding hydrogens is 450 g/mol. The molecule has 174 valence electrons. The minimum absolute atomic E-state index is 0.0631. The molecule has 2 aromatic carbocycles. The monoisotopic (exact) mass is 475 g/mol. The van der Waals surface area contributed by atoms with E-state index in [0.29, 0.717) is 30.3 Å². The van der Waals surface area contributed by atoms with Crippen LogP contribution in [0.25, 0.3) is 15.5 Å². The van der Waals surface area contributed by atoms with Crippen molar-refractivity contribution in [2.75, 3.05) is 33.3 Å². The Hall–Kier alpha value is -3.56. The number of methoxy groups -OCH3 is 1. The van der Waals surface area contributed by atoms with Crippen molar-refractivity contribution in [2.24, 2.45) is 0 Å². The maximum absolute atomic E-state index is 12.8. The largest absolute Gasteiger partial charge is 0.497 e. The van der Waals surface area contributed by atoms with E-state index in [-0.39, 0.29) is 11.5 Å². The number of carbonyl (C=O) groups excluding carboxylic acids is 1. The quantitative estimate of drug-likeness (QED) is 0.441. The first-order chi connectivity index (χ1) is 16.5. The van der Waals surface area contributed by atoms with E-state index in [0.717, 1.165) is 40.5 Å². The summed E-state index contributed by atoms with van der Waals surface area (Å²) in [5, 5.41) is 5.18. The summed E-state index contributed by atoms with van der Waals surface area (Å²) in [7, 11) is 1.62. The Bertz CT molecular complexity index is 1370. The summed E-state index contributed by atoms with van der Waals surface area (Å²) in [6.07, 6.45) is 0. The van der Waals surface area contributed by atoms with Crippen molar-refractivity contribution in [3.05, 3.63) is 81.8 Å². The van der Waals surface area contributed by atoms with Gasteiger partial charge >= 0.3 is 0 Å². The van der Waals surface area contributed by atoms with Gasteiger partial charge in [-0.1, -0.05) is 29.0 Å². The highest BCUT2D eigenvalue weighted by Crippen LogP contribution is 2.26. The molecule has 0 saturated carbocycles. The molecule has 1 amide bonds. The van der Waals surface area contributed by atoms with Gasteiger partial charge in [-0.25, -0.2) is 4.98 Å². The molecule has 0 N–H and O–H groups in total. The highest BCUT2D eigenvalue weighted by Gasteiger charge is 2.23. The third-order valence-electron chi connectivity index (χ3n) is 5.98. The van der Waals surface area contributed by atoms with Crippen LogP contribution >= 0.6 is 11.3 Å². The van der Waals surface area contributed by atoms with Gasteiger partial charge in [0.15, 0.2) is 0 Å². The second kappa shape index (κ2) is 9.36. The topological polar surface area (TPSA) is 80.0 Å². The Morgan fingerprint density at radius 3 is 2.41 bits per heavy atom. The van der Waals surface area contributed by atoms with Gasteiger partial charge in [0.2, 0.25) is 4.96 Å². The number of nitrogens with zero attached hydrogens (tertiary/aromatic N) is 5. The van der Waals surface area contributed by atoms with E-state index in [4.69, 9.17) is 9.72 Å². The number of carbonyl (C=O) groups is 1. The van der Waals surface area contributed by atoms with Crippen molar-refractivity contribution in [1.82, 2.24) is 24.4 Å². The fourth-order valence-corrected chi connectivity index (χ4v) is 4.93. The van der Waals surface area contributed by atoms with E-state index in [1.54, 1.807) is 13.2 Å². The van der Waals surface area contributed by atoms with Crippen molar-refractivity contribution in [3.63, 3.8) is 0 Å². The van der Waals surface area contributed by atoms with Gasteiger partial charge in [0.25, 0.3) is 11.5 Å². The molecule has 0 spiro atoms. The summed E-state index contributed by atoms with van der Waals surface area (Å²) in [6.45, 7) is 5.34. The molecular formula is C25H25N5O3S. The predicted octanol–water partition coefficient (Wildman–Crippen LogP) is 3.09. The van der Waals surface area contributed by atoms with Gasteiger partial charge in [0, 0.05) is 49.9 Å². The van der Waals surface area contributed by atoms with E-state index in [2.05, 4.69) is 10.00 Å². The summed E-state index contributed by atoms with van der Waals surface area (Å²) in [6, 6.07) is 16.8. The van der Waals surface area contributed by atoms with Crippen LogP contribution in [0, 0.1) is 6.92 Å². The van der Waals surface area contributed by atoms with Crippen LogP contribution in [-0.4, -0.2) is 63.6 Å². The maximum Gasteiger partial charge on any atom is 0.275 e. The van der Waals surface area contributed by atoms with Crippen molar-refractivity contribution in [1.29, 1.82) is 0 Å². The Labute approximate surface area is 201 Å². The van der Waals surface area contributed by atoms with Gasteiger partial charge in [0.05, 0.1) is 12.8 Å². The molecule has 3 heterocycles. The SMILES string of the molecule is COc1ccc(-c2nn3c(=O)cc(CN4CCN(C(=O)c5ccc(C)cc5)CC4)nc3s2)cc1. The second-order valence-electron chi connectivity index (χ2n) is 8.35. The highest BCUT2D eigenvalue weighted by molar-refractivity contribution is 7.19. The standard InChI is InChI=1S/C25H25N5O3S/c1-17-3-5-19(6-4-17)24(32)29-13-11-28(12-14-29)16-20-15-22(31)30-25(26-20)34-23(27-30)18-7-9-21(33-2)10-8-18/h3-10,15H,11-14,16H2,1-2H3. The summed E-state index contributed by atoms with van der Waals surface area (Å²) >= 11 is 1.39. The maximum atomic E-state index is 12.8. The summed E-state index contributed by atoms with van der Waals surface area (Å²) in [5.41, 5.74) is 3.29. The van der Waals surface area contributed by atoms with Crippen LogP contribution in [0.4, 0.5) is 0 Å². The average Bonchev–Trinajstić information content (AvgIpc) is 3.29. The second-order valence-corrected chi connectivity index (χ2v) is 9.31. The summed E-state index contributed by atoms with van der Waals surface area (Å²) in [4.78, 5) is 34.8. The fraction of sp³-hybridized carbons (Fsp3) is 0.280. The number of hydrogen-bond acceptors (Lipinski definition) is 7. The molecule has 34 heavy (non-hydrogen) atoms. The highest BCUT2D eigenvalue weighted by atomic mass is 32.1. The van der Waals surface area contributed by atoms with Gasteiger partial charge < -0.3 is 9.64 Å². The van der Waals surface area contributed by atoms with Crippen LogP contribution in [0.2, 0.25) is 0 Å². The molecule has 0 unspecified atom stereocenters. The summed E-state index contributed by atoms with van der Waals surface area (Å²) in [5.74, 6) is 0.830. The lowest BCUT2D eigenvalue weighted by Gasteiger charge is -2.34. The Morgan fingerprint density at radius 2 is 1.74 bits per heavy atom. The molecule has 0 radical (unpaired) electrons. The molecule has 0 atom stereocenters. The number of benzene rings is 2. The lowest BCUT2D eigenvalue weighted by molar-refractivity contribution is 0.0627. The van der Waals surface area contributed by atoms with E-state index < -0.39 is 0 Å². The van der Waals surface area contributed by atoms with Crippen LogP contribution in [0.1, 0.15) is 21.6 Å². The third kappa shape index (κ3) is 4.57. The molecule has 8 nitrogen and oxygen atoms in total. The Kier molecular flexibility index (Phi) is 6.12. The molecule has 1 saturated heterocycles. The first-order valence-electron chi connectivity index (χ1n) is 11.1. The Morgan fingerprint density at radius 1 is 1.03 bits per heavy atom. The van der Waals surface area contributed by atoms with Gasteiger partial charge in [0.1, 0.15) is 10.8 Å². The number of piperazine rings is 1. The Balaban J connectivity index is 1.26. The van der Waals surface area contributed by atoms with Gasteiger partial charge in [-0.2, -0.15) is 9.61 Å². The third-order valence-corrected chi connectivity index (χ3v) is 6.94. The van der Waals surface area contributed by atoms with Crippen LogP contribution < -0.4 is 10.3 Å². The predicted molar refractivity (Wildman–Crippen MR) is 131 cm³/mol. The van der Waals surface area contributed by atoms with Crippen molar-refractivity contribution in [2.45, 2.75) is 13.5 Å². The molecule has 0 aliphatic carbocycles. The molecule has 0 bridgehead atoms. The number of hydrogen-bond donors (Lipinski definition) is 0. The number of aromatic nitrogens is 3. The molecule has 1 fully saturated rings. The summed E-state index contributed by atoms with van der Waals surface area (Å²) < 4.78 is 6.56. The van der Waals surface area contributed by atoms with Gasteiger partial charge in [-0.15, -0.1) is 0 Å². The van der Waals surface area contributed by atoms with Gasteiger partial charge in [-0.05, 0) is 43.3 Å². The van der Waals surface area contributed by atoms with Crippen LogP contribution in [-0.2, 0) is 6.54 Å². The average molecular weight is 476 g/mol. The molecule has 9 heteroatoms. The minimum atomic E-state index is -0.191. The molecule has 1 aliphatic rings. The van der Waals surface area contributed by atoms with Crippen LogP contribution in [0.15, 0.2) is 59.4 Å². The van der Waals surface area contributed by atoms with Crippen molar-refractivity contribution >= 4 is 22.2 Å². The molecule has 5 rings (SSSR count). The number of fused-ring (bicyclic) bond motifs is 1. The lowest BCUT2D eigenvalue weighted by Crippen LogP contribution is -2.48. The van der Waals surface area contributed by atoms with Crippen LogP contribution in [0.3, 0.4) is 0 Å². The minimum Gasteiger partial charge on any atom is -0.497 e. The smallest absolute Gasteiger partial charge is 0.275 e. The lowest BCUT2D eigenvalue weighted by atomic mass is 10.1.